The van der Waals surface area contributed by atoms with Gasteiger partial charge in [0.2, 0.25) is 0 Å². The molecule has 1 aromatic carbocycles. The number of sulfonamides is 1. The van der Waals surface area contributed by atoms with Gasteiger partial charge in [-0.05, 0) is 37.4 Å². The van der Waals surface area contributed by atoms with Gasteiger partial charge in [0.1, 0.15) is 5.52 Å². The maximum Gasteiger partial charge on any atom is 0.332 e. The van der Waals surface area contributed by atoms with Crippen molar-refractivity contribution in [2.45, 2.75) is 18.1 Å². The second-order valence-electron chi connectivity index (χ2n) is 5.05. The Bertz CT molecular complexity index is 677. The molecule has 0 radical (unpaired) electrons. The zero-order valence-corrected chi connectivity index (χ0v) is 11.8. The monoisotopic (exact) mass is 295 g/mol. The number of nitrogens with two attached hydrogens (primary N) is 1. The predicted molar refractivity (Wildman–Crippen MR) is 74.5 cm³/mol. The number of para-hydroxylation sites is 2. The van der Waals surface area contributed by atoms with Crippen LogP contribution in [-0.2, 0) is 10.0 Å². The van der Waals surface area contributed by atoms with Gasteiger partial charge in [-0.25, -0.2) is 8.42 Å². The molecule has 2 aromatic rings. The van der Waals surface area contributed by atoms with E-state index < -0.39 is 10.0 Å². The fourth-order valence-electron chi connectivity index (χ4n) is 2.51. The minimum absolute atomic E-state index is 0.211. The van der Waals surface area contributed by atoms with Crippen LogP contribution in [-0.4, -0.2) is 37.3 Å². The molecule has 1 aliphatic heterocycles. The first-order valence-electron chi connectivity index (χ1n) is 6.67. The third-order valence-corrected chi connectivity index (χ3v) is 5.28. The second-order valence-corrected chi connectivity index (χ2v) is 6.87. The van der Waals surface area contributed by atoms with Crippen molar-refractivity contribution in [2.75, 3.05) is 19.6 Å². The van der Waals surface area contributed by atoms with Gasteiger partial charge in [0.25, 0.3) is 10.0 Å². The lowest BCUT2D eigenvalue weighted by Gasteiger charge is -2.29. The van der Waals surface area contributed by atoms with Crippen molar-refractivity contribution in [1.29, 1.82) is 0 Å². The number of nitrogens with zero attached hydrogens (tertiary/aromatic N) is 2. The summed E-state index contributed by atoms with van der Waals surface area (Å²) in [6.07, 6.45) is 1.79. The maximum atomic E-state index is 12.5. The van der Waals surface area contributed by atoms with Gasteiger partial charge < -0.3 is 10.2 Å². The summed E-state index contributed by atoms with van der Waals surface area (Å²) in [6, 6.07) is 7.03. The van der Waals surface area contributed by atoms with E-state index in [1.807, 2.05) is 0 Å². The molecule has 0 aliphatic carbocycles. The number of rotatable bonds is 3. The molecule has 0 amide bonds. The molecular weight excluding hydrogens is 278 g/mol. The highest BCUT2D eigenvalue weighted by atomic mass is 32.2. The first-order valence-corrected chi connectivity index (χ1v) is 8.11. The zero-order valence-electron chi connectivity index (χ0n) is 11.0. The Kier molecular flexibility index (Phi) is 3.49. The molecule has 0 spiro atoms. The van der Waals surface area contributed by atoms with Crippen LogP contribution in [0.4, 0.5) is 0 Å². The van der Waals surface area contributed by atoms with Crippen molar-refractivity contribution in [3.05, 3.63) is 24.3 Å². The van der Waals surface area contributed by atoms with Gasteiger partial charge in [-0.3, -0.25) is 0 Å². The van der Waals surface area contributed by atoms with E-state index in [-0.39, 0.29) is 11.1 Å². The number of piperidine rings is 1. The average Bonchev–Trinajstić information content (AvgIpc) is 2.92. The number of fused-ring (bicyclic) bond motifs is 1. The van der Waals surface area contributed by atoms with Gasteiger partial charge in [-0.1, -0.05) is 12.1 Å². The van der Waals surface area contributed by atoms with Crippen LogP contribution in [0.5, 0.6) is 0 Å². The lowest BCUT2D eigenvalue weighted by molar-refractivity contribution is 0.265. The summed E-state index contributed by atoms with van der Waals surface area (Å²) in [5, 5.41) is -0.226. The summed E-state index contributed by atoms with van der Waals surface area (Å²) in [5.74, 6) is 0.211. The van der Waals surface area contributed by atoms with Crippen molar-refractivity contribution < 1.29 is 12.8 Å². The molecule has 0 unspecified atom stereocenters. The Hall–Kier alpha value is -1.44. The van der Waals surface area contributed by atoms with Crippen molar-refractivity contribution in [3.63, 3.8) is 0 Å². The van der Waals surface area contributed by atoms with E-state index >= 15 is 0 Å². The molecule has 3 rings (SSSR count). The SMILES string of the molecule is NC[C@@H]1CCCN(S(=O)(=O)c2nc3ccccc3o2)C1. The van der Waals surface area contributed by atoms with Gasteiger partial charge >= 0.3 is 5.22 Å². The van der Waals surface area contributed by atoms with Crippen LogP contribution >= 0.6 is 0 Å². The van der Waals surface area contributed by atoms with E-state index in [1.165, 1.54) is 4.31 Å². The fourth-order valence-corrected chi connectivity index (χ4v) is 3.92. The molecule has 108 valence electrons. The third-order valence-electron chi connectivity index (χ3n) is 3.65. The van der Waals surface area contributed by atoms with E-state index in [2.05, 4.69) is 4.98 Å². The predicted octanol–water partition coefficient (Wildman–Crippen LogP) is 1.19. The van der Waals surface area contributed by atoms with Crippen molar-refractivity contribution in [1.82, 2.24) is 9.29 Å². The van der Waals surface area contributed by atoms with E-state index in [0.717, 1.165) is 12.8 Å². The van der Waals surface area contributed by atoms with Crippen LogP contribution in [0.3, 0.4) is 0 Å². The molecular formula is C13H17N3O3S. The molecule has 0 bridgehead atoms. The van der Waals surface area contributed by atoms with Gasteiger partial charge in [0.05, 0.1) is 0 Å². The van der Waals surface area contributed by atoms with Crippen LogP contribution < -0.4 is 5.73 Å². The number of hydrogen-bond donors (Lipinski definition) is 1. The normalized spacial score (nSPS) is 21.4. The Morgan fingerprint density at radius 3 is 2.95 bits per heavy atom. The topological polar surface area (TPSA) is 89.4 Å². The lowest BCUT2D eigenvalue weighted by atomic mass is 10.0. The van der Waals surface area contributed by atoms with Crippen molar-refractivity contribution in [2.24, 2.45) is 11.7 Å². The van der Waals surface area contributed by atoms with Gasteiger partial charge in [0, 0.05) is 13.1 Å². The molecule has 1 aromatic heterocycles. The van der Waals surface area contributed by atoms with E-state index in [4.69, 9.17) is 10.2 Å². The van der Waals surface area contributed by atoms with Crippen LogP contribution in [0, 0.1) is 5.92 Å². The average molecular weight is 295 g/mol. The van der Waals surface area contributed by atoms with Gasteiger partial charge in [-0.2, -0.15) is 9.29 Å². The number of benzene rings is 1. The third kappa shape index (κ3) is 2.32. The first-order chi connectivity index (χ1) is 9.61. The highest BCUT2D eigenvalue weighted by molar-refractivity contribution is 7.88. The molecule has 1 saturated heterocycles. The first kappa shape index (κ1) is 13.5. The highest BCUT2D eigenvalue weighted by Gasteiger charge is 2.33. The molecule has 2 N–H and O–H groups in total. The minimum atomic E-state index is -3.67. The van der Waals surface area contributed by atoms with Crippen LogP contribution in [0.2, 0.25) is 0 Å². The molecule has 1 fully saturated rings. The fraction of sp³-hybridized carbons (Fsp3) is 0.462. The van der Waals surface area contributed by atoms with E-state index in [1.54, 1.807) is 24.3 Å². The largest absolute Gasteiger partial charge is 0.427 e. The van der Waals surface area contributed by atoms with Gasteiger partial charge in [-0.15, -0.1) is 0 Å². The van der Waals surface area contributed by atoms with E-state index in [9.17, 15) is 8.42 Å². The molecule has 1 atom stereocenters. The van der Waals surface area contributed by atoms with E-state index in [0.29, 0.717) is 30.7 Å². The summed E-state index contributed by atoms with van der Waals surface area (Å²) in [6.45, 7) is 1.44. The smallest absolute Gasteiger partial charge is 0.332 e. The van der Waals surface area contributed by atoms with Crippen molar-refractivity contribution >= 4 is 21.1 Å². The summed E-state index contributed by atoms with van der Waals surface area (Å²) in [7, 11) is -3.67. The Labute approximate surface area is 117 Å². The summed E-state index contributed by atoms with van der Waals surface area (Å²) in [5.41, 5.74) is 6.69. The Balaban J connectivity index is 1.94. The van der Waals surface area contributed by atoms with Crippen molar-refractivity contribution in [3.8, 4) is 0 Å². The molecule has 1 aliphatic rings. The lowest BCUT2D eigenvalue weighted by Crippen LogP contribution is -2.42. The maximum absolute atomic E-state index is 12.5. The zero-order chi connectivity index (χ0) is 14.2. The Morgan fingerprint density at radius 1 is 1.40 bits per heavy atom. The summed E-state index contributed by atoms with van der Waals surface area (Å²) < 4.78 is 31.9. The molecule has 7 heteroatoms. The Morgan fingerprint density at radius 2 is 2.20 bits per heavy atom. The highest BCUT2D eigenvalue weighted by Crippen LogP contribution is 2.25. The van der Waals surface area contributed by atoms with Crippen LogP contribution in [0.25, 0.3) is 11.1 Å². The quantitative estimate of drug-likeness (QED) is 0.918. The number of oxazole rings is 1. The summed E-state index contributed by atoms with van der Waals surface area (Å²) >= 11 is 0. The van der Waals surface area contributed by atoms with Crippen LogP contribution in [0.15, 0.2) is 33.9 Å². The summed E-state index contributed by atoms with van der Waals surface area (Å²) in [4.78, 5) is 4.08. The molecule has 2 heterocycles. The molecule has 0 saturated carbocycles. The molecule has 6 nitrogen and oxygen atoms in total. The standard InChI is InChI=1S/C13H17N3O3S/c14-8-10-4-3-7-16(9-10)20(17,18)13-15-11-5-1-2-6-12(11)19-13/h1-2,5-6,10H,3-4,7-9,14H2/t10-/m0/s1. The molecule has 20 heavy (non-hydrogen) atoms. The number of hydrogen-bond acceptors (Lipinski definition) is 5. The van der Waals surface area contributed by atoms with Crippen LogP contribution in [0.1, 0.15) is 12.8 Å². The second kappa shape index (κ2) is 5.16. The number of aromatic nitrogens is 1. The van der Waals surface area contributed by atoms with Gasteiger partial charge in [0.15, 0.2) is 5.58 Å². The minimum Gasteiger partial charge on any atom is -0.427 e.